The topological polar surface area (TPSA) is 70.6 Å². The van der Waals surface area contributed by atoms with Crippen LogP contribution in [0.4, 0.5) is 9.18 Å². The van der Waals surface area contributed by atoms with Crippen LogP contribution in [0.5, 0.6) is 5.75 Å². The normalized spacial score (nSPS) is 11.6. The Morgan fingerprint density at radius 2 is 1.87 bits per heavy atom. The molecule has 0 saturated heterocycles. The Morgan fingerprint density at radius 1 is 1.17 bits per heavy atom. The van der Waals surface area contributed by atoms with Crippen LogP contribution in [-0.4, -0.2) is 24.8 Å². The molecule has 0 radical (unpaired) electrons. The van der Waals surface area contributed by atoms with E-state index in [0.717, 1.165) is 11.3 Å². The average Bonchev–Trinajstić information content (AvgIpc) is 2.58. The number of amides is 2. The Balaban J connectivity index is 1.77. The van der Waals surface area contributed by atoms with Gasteiger partial charge in [0.15, 0.2) is 0 Å². The second kappa shape index (κ2) is 8.14. The minimum Gasteiger partial charge on any atom is -0.497 e. The lowest BCUT2D eigenvalue weighted by atomic mass is 10.1. The van der Waals surface area contributed by atoms with Crippen molar-refractivity contribution < 1.29 is 19.0 Å². The molecule has 2 aromatic carbocycles. The van der Waals surface area contributed by atoms with Crippen molar-refractivity contribution in [3.8, 4) is 5.75 Å². The summed E-state index contributed by atoms with van der Waals surface area (Å²) in [6.07, 6.45) is -1.09. The van der Waals surface area contributed by atoms with Crippen LogP contribution in [0.2, 0.25) is 0 Å². The SMILES string of the molecule is COc1ccc(CNC(=O)NC[C@H](O)c2ccccc2F)cc1. The lowest BCUT2D eigenvalue weighted by Gasteiger charge is -2.13. The fourth-order valence-corrected chi connectivity index (χ4v) is 2.03. The van der Waals surface area contributed by atoms with Gasteiger partial charge in [0.05, 0.1) is 13.2 Å². The molecule has 0 aromatic heterocycles. The van der Waals surface area contributed by atoms with Crippen molar-refractivity contribution in [3.05, 3.63) is 65.5 Å². The molecule has 0 saturated carbocycles. The molecule has 0 heterocycles. The highest BCUT2D eigenvalue weighted by Crippen LogP contribution is 2.15. The molecule has 2 aromatic rings. The quantitative estimate of drug-likeness (QED) is 0.766. The Morgan fingerprint density at radius 3 is 2.52 bits per heavy atom. The van der Waals surface area contributed by atoms with Crippen LogP contribution < -0.4 is 15.4 Å². The number of hydrogen-bond acceptors (Lipinski definition) is 3. The second-order valence-corrected chi connectivity index (χ2v) is 4.95. The first-order chi connectivity index (χ1) is 11.1. The van der Waals surface area contributed by atoms with Gasteiger partial charge in [-0.05, 0) is 23.8 Å². The average molecular weight is 318 g/mol. The van der Waals surface area contributed by atoms with Gasteiger partial charge >= 0.3 is 6.03 Å². The van der Waals surface area contributed by atoms with E-state index in [-0.39, 0.29) is 12.1 Å². The molecule has 0 aliphatic heterocycles. The third-order valence-corrected chi connectivity index (χ3v) is 3.33. The first kappa shape index (κ1) is 16.8. The highest BCUT2D eigenvalue weighted by atomic mass is 19.1. The number of carbonyl (C=O) groups excluding carboxylic acids is 1. The van der Waals surface area contributed by atoms with Gasteiger partial charge in [-0.15, -0.1) is 0 Å². The third kappa shape index (κ3) is 4.96. The summed E-state index contributed by atoms with van der Waals surface area (Å²) in [5.74, 6) is 0.242. The first-order valence-electron chi connectivity index (χ1n) is 7.17. The van der Waals surface area contributed by atoms with Gasteiger partial charge in [0, 0.05) is 18.7 Å². The number of halogens is 1. The van der Waals surface area contributed by atoms with Gasteiger partial charge in [-0.2, -0.15) is 0 Å². The Hall–Kier alpha value is -2.60. The minimum atomic E-state index is -1.09. The maximum absolute atomic E-state index is 13.5. The molecule has 1 atom stereocenters. The smallest absolute Gasteiger partial charge is 0.315 e. The maximum atomic E-state index is 13.5. The van der Waals surface area contributed by atoms with Crippen LogP contribution >= 0.6 is 0 Å². The van der Waals surface area contributed by atoms with Crippen molar-refractivity contribution >= 4 is 6.03 Å². The zero-order chi connectivity index (χ0) is 16.7. The Labute approximate surface area is 134 Å². The van der Waals surface area contributed by atoms with Crippen molar-refractivity contribution in [2.45, 2.75) is 12.6 Å². The zero-order valence-corrected chi connectivity index (χ0v) is 12.8. The number of ether oxygens (including phenoxy) is 1. The van der Waals surface area contributed by atoms with Crippen LogP contribution in [0.15, 0.2) is 48.5 Å². The molecule has 0 spiro atoms. The lowest BCUT2D eigenvalue weighted by Crippen LogP contribution is -2.37. The fraction of sp³-hybridized carbons (Fsp3) is 0.235. The van der Waals surface area contributed by atoms with Crippen LogP contribution in [0.3, 0.4) is 0 Å². The molecule has 2 amide bonds. The number of carbonyl (C=O) groups is 1. The van der Waals surface area contributed by atoms with Crippen molar-refractivity contribution in [3.63, 3.8) is 0 Å². The van der Waals surface area contributed by atoms with Crippen molar-refractivity contribution in [2.75, 3.05) is 13.7 Å². The predicted octanol–water partition coefficient (Wildman–Crippen LogP) is 2.37. The Bertz CT molecular complexity index is 647. The largest absolute Gasteiger partial charge is 0.497 e. The van der Waals surface area contributed by atoms with Crippen molar-refractivity contribution in [1.82, 2.24) is 10.6 Å². The predicted molar refractivity (Wildman–Crippen MR) is 84.6 cm³/mol. The highest BCUT2D eigenvalue weighted by molar-refractivity contribution is 5.73. The summed E-state index contributed by atoms with van der Waals surface area (Å²) >= 11 is 0. The summed E-state index contributed by atoms with van der Waals surface area (Å²) in [5.41, 5.74) is 1.07. The van der Waals surface area contributed by atoms with E-state index in [2.05, 4.69) is 10.6 Å². The van der Waals surface area contributed by atoms with E-state index < -0.39 is 18.0 Å². The molecule has 23 heavy (non-hydrogen) atoms. The lowest BCUT2D eigenvalue weighted by molar-refractivity contribution is 0.169. The Kier molecular flexibility index (Phi) is 5.94. The number of aliphatic hydroxyl groups is 1. The van der Waals surface area contributed by atoms with E-state index in [1.807, 2.05) is 12.1 Å². The number of hydrogen-bond donors (Lipinski definition) is 3. The summed E-state index contributed by atoms with van der Waals surface area (Å²) in [6, 6.07) is 12.8. The van der Waals surface area contributed by atoms with Gasteiger partial charge in [-0.1, -0.05) is 30.3 Å². The summed E-state index contributed by atoms with van der Waals surface area (Å²) in [5, 5.41) is 15.1. The number of urea groups is 1. The van der Waals surface area contributed by atoms with E-state index in [1.54, 1.807) is 31.4 Å². The van der Waals surface area contributed by atoms with Crippen molar-refractivity contribution in [2.24, 2.45) is 0 Å². The maximum Gasteiger partial charge on any atom is 0.315 e. The monoisotopic (exact) mass is 318 g/mol. The molecular weight excluding hydrogens is 299 g/mol. The van der Waals surface area contributed by atoms with E-state index in [9.17, 15) is 14.3 Å². The van der Waals surface area contributed by atoms with Gasteiger partial charge < -0.3 is 20.5 Å². The molecule has 0 aliphatic rings. The number of aliphatic hydroxyl groups excluding tert-OH is 1. The zero-order valence-electron chi connectivity index (χ0n) is 12.8. The molecule has 3 N–H and O–H groups in total. The van der Waals surface area contributed by atoms with Gasteiger partial charge in [0.25, 0.3) is 0 Å². The standard InChI is InChI=1S/C17H19FN2O3/c1-23-13-8-6-12(7-9-13)10-19-17(22)20-11-16(21)14-4-2-3-5-15(14)18/h2-9,16,21H,10-11H2,1H3,(H2,19,20,22)/t16-/m0/s1. The van der Waals surface area contributed by atoms with Gasteiger partial charge in [0.1, 0.15) is 11.6 Å². The molecule has 122 valence electrons. The molecule has 0 unspecified atom stereocenters. The number of rotatable bonds is 6. The molecule has 0 bridgehead atoms. The van der Waals surface area contributed by atoms with Crippen LogP contribution in [-0.2, 0) is 6.54 Å². The molecule has 6 heteroatoms. The van der Waals surface area contributed by atoms with E-state index >= 15 is 0 Å². The molecular formula is C17H19FN2O3. The summed E-state index contributed by atoms with van der Waals surface area (Å²) in [4.78, 5) is 11.7. The number of benzene rings is 2. The molecule has 0 aliphatic carbocycles. The van der Waals surface area contributed by atoms with E-state index in [0.29, 0.717) is 6.54 Å². The van der Waals surface area contributed by atoms with Crippen LogP contribution in [0.1, 0.15) is 17.2 Å². The second-order valence-electron chi connectivity index (χ2n) is 4.95. The summed E-state index contributed by atoms with van der Waals surface area (Å²) < 4.78 is 18.6. The third-order valence-electron chi connectivity index (χ3n) is 3.33. The number of nitrogens with one attached hydrogen (secondary N) is 2. The van der Waals surface area contributed by atoms with Gasteiger partial charge in [0.2, 0.25) is 0 Å². The van der Waals surface area contributed by atoms with E-state index in [1.165, 1.54) is 12.1 Å². The molecule has 2 rings (SSSR count). The number of methoxy groups -OCH3 is 1. The van der Waals surface area contributed by atoms with Gasteiger partial charge in [-0.3, -0.25) is 0 Å². The van der Waals surface area contributed by atoms with Crippen LogP contribution in [0, 0.1) is 5.82 Å². The summed E-state index contributed by atoms with van der Waals surface area (Å²) in [7, 11) is 1.58. The van der Waals surface area contributed by atoms with E-state index in [4.69, 9.17) is 4.74 Å². The van der Waals surface area contributed by atoms with Crippen LogP contribution in [0.25, 0.3) is 0 Å². The summed E-state index contributed by atoms with van der Waals surface area (Å²) in [6.45, 7) is 0.265. The fourth-order valence-electron chi connectivity index (χ4n) is 2.03. The van der Waals surface area contributed by atoms with Crippen molar-refractivity contribution in [1.29, 1.82) is 0 Å². The highest BCUT2D eigenvalue weighted by Gasteiger charge is 2.13. The minimum absolute atomic E-state index is 0.0740. The van der Waals surface area contributed by atoms with Gasteiger partial charge in [-0.25, -0.2) is 9.18 Å². The molecule has 0 fully saturated rings. The first-order valence-corrected chi connectivity index (χ1v) is 7.17. The molecule has 5 nitrogen and oxygen atoms in total.